The highest BCUT2D eigenvalue weighted by atomic mass is 16.5. The van der Waals surface area contributed by atoms with Crippen molar-refractivity contribution in [2.45, 2.75) is 34.2 Å². The van der Waals surface area contributed by atoms with Gasteiger partial charge in [-0.3, -0.25) is 9.78 Å². The van der Waals surface area contributed by atoms with Crippen molar-refractivity contribution in [1.82, 2.24) is 10.3 Å². The number of aryl methyl sites for hydroxylation is 2. The highest BCUT2D eigenvalue weighted by Gasteiger charge is 2.15. The fourth-order valence-corrected chi connectivity index (χ4v) is 3.40. The van der Waals surface area contributed by atoms with Gasteiger partial charge in [0.2, 0.25) is 5.91 Å². The number of benzene rings is 1. The molecule has 1 amide bonds. The third-order valence-corrected chi connectivity index (χ3v) is 4.83. The number of amides is 1. The Balaban J connectivity index is 1.96. The molecule has 1 aromatic heterocycles. The maximum absolute atomic E-state index is 12.1. The van der Waals surface area contributed by atoms with Gasteiger partial charge in [-0.05, 0) is 54.8 Å². The van der Waals surface area contributed by atoms with Crippen molar-refractivity contribution >= 4 is 11.6 Å². The van der Waals surface area contributed by atoms with Crippen molar-refractivity contribution in [1.29, 1.82) is 0 Å². The average molecular weight is 367 g/mol. The van der Waals surface area contributed by atoms with Gasteiger partial charge in [0.25, 0.3) is 0 Å². The monoisotopic (exact) mass is 367 g/mol. The van der Waals surface area contributed by atoms with E-state index in [9.17, 15) is 4.79 Å². The summed E-state index contributed by atoms with van der Waals surface area (Å²) in [5, 5.41) is 3.07. The molecule has 5 nitrogen and oxygen atoms in total. The van der Waals surface area contributed by atoms with E-state index >= 15 is 0 Å². The van der Waals surface area contributed by atoms with Crippen LogP contribution in [0.15, 0.2) is 30.3 Å². The summed E-state index contributed by atoms with van der Waals surface area (Å²) in [5.41, 5.74) is 6.59. The number of pyridine rings is 1. The van der Waals surface area contributed by atoms with Crippen LogP contribution in [0, 0.1) is 19.8 Å². The fourth-order valence-electron chi connectivity index (χ4n) is 3.40. The van der Waals surface area contributed by atoms with Crippen LogP contribution < -0.4 is 10.2 Å². The van der Waals surface area contributed by atoms with Crippen LogP contribution in [-0.2, 0) is 16.1 Å². The number of ether oxygens (including phenoxy) is 1. The third-order valence-electron chi connectivity index (χ3n) is 4.83. The van der Waals surface area contributed by atoms with Crippen molar-refractivity contribution in [3.63, 3.8) is 0 Å². The first kappa shape index (κ1) is 19.4. The zero-order valence-electron chi connectivity index (χ0n) is 16.7. The number of hydrogen-bond donors (Lipinski definition) is 1. The van der Waals surface area contributed by atoms with Crippen molar-refractivity contribution in [2.75, 3.05) is 31.2 Å². The Kier molecular flexibility index (Phi) is 6.11. The minimum atomic E-state index is -0.0266. The lowest BCUT2D eigenvalue weighted by molar-refractivity contribution is -0.124. The maximum Gasteiger partial charge on any atom is 0.222 e. The third kappa shape index (κ3) is 4.86. The molecule has 2 aromatic rings. The lowest BCUT2D eigenvalue weighted by Crippen LogP contribution is -2.36. The summed E-state index contributed by atoms with van der Waals surface area (Å²) in [6.07, 6.45) is 0. The molecule has 5 heteroatoms. The second kappa shape index (κ2) is 8.53. The molecular weight excluding hydrogens is 338 g/mol. The molecule has 27 heavy (non-hydrogen) atoms. The van der Waals surface area contributed by atoms with Gasteiger partial charge in [-0.1, -0.05) is 19.9 Å². The van der Waals surface area contributed by atoms with Gasteiger partial charge < -0.3 is 15.0 Å². The molecule has 0 radical (unpaired) electrons. The van der Waals surface area contributed by atoms with E-state index in [0.717, 1.165) is 54.4 Å². The molecule has 0 aliphatic carbocycles. The van der Waals surface area contributed by atoms with Crippen LogP contribution >= 0.6 is 0 Å². The van der Waals surface area contributed by atoms with Gasteiger partial charge in [0, 0.05) is 42.6 Å². The summed E-state index contributed by atoms with van der Waals surface area (Å²) < 4.78 is 5.47. The highest BCUT2D eigenvalue weighted by Crippen LogP contribution is 2.29. The van der Waals surface area contributed by atoms with Crippen LogP contribution in [0.3, 0.4) is 0 Å². The van der Waals surface area contributed by atoms with E-state index in [-0.39, 0.29) is 11.8 Å². The molecule has 0 saturated carbocycles. The van der Waals surface area contributed by atoms with Gasteiger partial charge in [0.1, 0.15) is 0 Å². The van der Waals surface area contributed by atoms with Crippen LogP contribution in [0.2, 0.25) is 0 Å². The summed E-state index contributed by atoms with van der Waals surface area (Å²) in [5.74, 6) is 0.0427. The second-order valence-electron chi connectivity index (χ2n) is 7.45. The van der Waals surface area contributed by atoms with Crippen LogP contribution in [0.5, 0.6) is 0 Å². The molecule has 0 atom stereocenters. The van der Waals surface area contributed by atoms with Crippen LogP contribution in [0.25, 0.3) is 11.1 Å². The first-order valence-electron chi connectivity index (χ1n) is 9.63. The number of hydrogen-bond acceptors (Lipinski definition) is 4. The number of morpholine rings is 1. The number of anilines is 1. The summed E-state index contributed by atoms with van der Waals surface area (Å²) in [4.78, 5) is 18.9. The molecule has 1 saturated heterocycles. The van der Waals surface area contributed by atoms with E-state index in [4.69, 9.17) is 4.74 Å². The van der Waals surface area contributed by atoms with Gasteiger partial charge in [0.05, 0.1) is 13.2 Å². The SMILES string of the molecule is Cc1cc(-c2ccc(N3CCOCC3)cc2CNC(=O)C(C)C)cc(C)n1. The summed E-state index contributed by atoms with van der Waals surface area (Å²) in [7, 11) is 0. The molecule has 144 valence electrons. The Labute approximate surface area is 161 Å². The van der Waals surface area contributed by atoms with Gasteiger partial charge in [-0.25, -0.2) is 0 Å². The van der Waals surface area contributed by atoms with E-state index in [1.165, 1.54) is 5.69 Å². The number of aromatic nitrogens is 1. The maximum atomic E-state index is 12.1. The van der Waals surface area contributed by atoms with Gasteiger partial charge >= 0.3 is 0 Å². The van der Waals surface area contributed by atoms with E-state index < -0.39 is 0 Å². The standard InChI is InChI=1S/C22H29N3O2/c1-15(2)22(26)23-14-19-13-20(25-7-9-27-10-8-25)5-6-21(19)18-11-16(3)24-17(4)12-18/h5-6,11-13,15H,7-10,14H2,1-4H3,(H,23,26). The molecule has 1 aromatic carbocycles. The number of nitrogens with one attached hydrogen (secondary N) is 1. The van der Waals surface area contributed by atoms with Crippen LogP contribution in [-0.4, -0.2) is 37.2 Å². The van der Waals surface area contributed by atoms with E-state index in [2.05, 4.69) is 45.5 Å². The van der Waals surface area contributed by atoms with Crippen molar-refractivity contribution in [3.05, 3.63) is 47.3 Å². The molecule has 1 fully saturated rings. The summed E-state index contributed by atoms with van der Waals surface area (Å²) in [6, 6.07) is 10.7. The largest absolute Gasteiger partial charge is 0.378 e. The van der Waals surface area contributed by atoms with Crippen LogP contribution in [0.1, 0.15) is 30.8 Å². The Hall–Kier alpha value is -2.40. The Morgan fingerprint density at radius 1 is 1.15 bits per heavy atom. The zero-order valence-corrected chi connectivity index (χ0v) is 16.7. The number of rotatable bonds is 5. The van der Waals surface area contributed by atoms with Crippen molar-refractivity contribution in [2.24, 2.45) is 5.92 Å². The molecule has 0 spiro atoms. The van der Waals surface area contributed by atoms with Gasteiger partial charge in [-0.15, -0.1) is 0 Å². The van der Waals surface area contributed by atoms with E-state index in [1.54, 1.807) is 0 Å². The normalized spacial score (nSPS) is 14.5. The number of carbonyl (C=O) groups excluding carboxylic acids is 1. The number of carbonyl (C=O) groups is 1. The molecule has 1 aliphatic heterocycles. The lowest BCUT2D eigenvalue weighted by atomic mass is 9.97. The predicted molar refractivity (Wildman–Crippen MR) is 109 cm³/mol. The second-order valence-corrected chi connectivity index (χ2v) is 7.45. The molecule has 1 aliphatic rings. The fraction of sp³-hybridized carbons (Fsp3) is 0.455. The summed E-state index contributed by atoms with van der Waals surface area (Å²) >= 11 is 0. The highest BCUT2D eigenvalue weighted by molar-refractivity contribution is 5.78. The minimum absolute atomic E-state index is 0.0266. The van der Waals surface area contributed by atoms with Gasteiger partial charge in [0.15, 0.2) is 0 Å². The molecular formula is C22H29N3O2. The molecule has 1 N–H and O–H groups in total. The molecule has 2 heterocycles. The first-order valence-corrected chi connectivity index (χ1v) is 9.63. The lowest BCUT2D eigenvalue weighted by Gasteiger charge is -2.29. The van der Waals surface area contributed by atoms with Crippen LogP contribution in [0.4, 0.5) is 5.69 Å². The quantitative estimate of drug-likeness (QED) is 0.879. The van der Waals surface area contributed by atoms with Gasteiger partial charge in [-0.2, -0.15) is 0 Å². The smallest absolute Gasteiger partial charge is 0.222 e. The Morgan fingerprint density at radius 3 is 2.44 bits per heavy atom. The molecule has 0 unspecified atom stereocenters. The van der Waals surface area contributed by atoms with E-state index in [0.29, 0.717) is 6.54 Å². The Morgan fingerprint density at radius 2 is 1.81 bits per heavy atom. The number of nitrogens with zero attached hydrogens (tertiary/aromatic N) is 2. The van der Waals surface area contributed by atoms with Crippen molar-refractivity contribution in [3.8, 4) is 11.1 Å². The topological polar surface area (TPSA) is 54.5 Å². The zero-order chi connectivity index (χ0) is 19.4. The molecule has 3 rings (SSSR count). The van der Waals surface area contributed by atoms with Crippen molar-refractivity contribution < 1.29 is 9.53 Å². The minimum Gasteiger partial charge on any atom is -0.378 e. The summed E-state index contributed by atoms with van der Waals surface area (Å²) in [6.45, 7) is 11.7. The Bertz CT molecular complexity index is 791. The predicted octanol–water partition coefficient (Wildman–Crippen LogP) is 3.47. The van der Waals surface area contributed by atoms with E-state index in [1.807, 2.05) is 27.7 Å². The average Bonchev–Trinajstić information content (AvgIpc) is 2.65. The first-order chi connectivity index (χ1) is 12.9. The molecule has 0 bridgehead atoms.